The van der Waals surface area contributed by atoms with Gasteiger partial charge in [-0.1, -0.05) is 48.5 Å². The highest BCUT2D eigenvalue weighted by molar-refractivity contribution is 5.66. The van der Waals surface area contributed by atoms with Gasteiger partial charge in [-0.2, -0.15) is 0 Å². The minimum absolute atomic E-state index is 0.0514. The lowest BCUT2D eigenvalue weighted by atomic mass is 9.41. The number of carbonyl (C=O) groups is 1. The van der Waals surface area contributed by atoms with Gasteiger partial charge in [0, 0.05) is 24.7 Å². The number of esters is 1. The van der Waals surface area contributed by atoms with Crippen LogP contribution in [0.3, 0.4) is 0 Å². The summed E-state index contributed by atoms with van der Waals surface area (Å²) in [6.07, 6.45) is 4.77. The molecule has 5 fully saturated rings. The molecule has 5 rings (SSSR count). The largest absolute Gasteiger partial charge is 0.459 e. The zero-order valence-corrected chi connectivity index (χ0v) is 24.7. The Kier molecular flexibility index (Phi) is 6.73. The number of aliphatic hydroxyl groups is 3. The van der Waals surface area contributed by atoms with Gasteiger partial charge in [0.15, 0.2) is 0 Å². The zero-order valence-electron chi connectivity index (χ0n) is 24.7. The Hall–Kier alpha value is -0.650. The van der Waals surface area contributed by atoms with Crippen LogP contribution in [-0.4, -0.2) is 45.2 Å². The van der Waals surface area contributed by atoms with E-state index in [1.165, 1.54) is 19.8 Å². The van der Waals surface area contributed by atoms with Gasteiger partial charge in [0.1, 0.15) is 17.8 Å². The van der Waals surface area contributed by atoms with E-state index in [-0.39, 0.29) is 23.7 Å². The summed E-state index contributed by atoms with van der Waals surface area (Å²) in [5.41, 5.74) is -1.33. The summed E-state index contributed by atoms with van der Waals surface area (Å²) in [5.74, 6) is 3.71. The molecule has 5 aliphatic rings. The Balaban J connectivity index is 1.46. The first kappa shape index (κ1) is 27.9. The molecular formula is C32H54O5. The number of aliphatic hydroxyl groups excluding tert-OH is 2. The fourth-order valence-electron chi connectivity index (χ4n) is 11.2. The van der Waals surface area contributed by atoms with Gasteiger partial charge in [0.05, 0.1) is 6.10 Å². The fourth-order valence-corrected chi connectivity index (χ4v) is 11.2. The molecule has 0 aromatic rings. The van der Waals surface area contributed by atoms with Crippen LogP contribution in [0, 0.1) is 63.6 Å². The van der Waals surface area contributed by atoms with Crippen molar-refractivity contribution in [1.29, 1.82) is 0 Å². The molecule has 0 aromatic carbocycles. The molecule has 3 N–H and O–H groups in total. The summed E-state index contributed by atoms with van der Waals surface area (Å²) in [7, 11) is 0. The van der Waals surface area contributed by atoms with Gasteiger partial charge in [-0.25, -0.2) is 0 Å². The van der Waals surface area contributed by atoms with E-state index in [4.69, 9.17) is 4.74 Å². The van der Waals surface area contributed by atoms with Gasteiger partial charge >= 0.3 is 5.97 Å². The lowest BCUT2D eigenvalue weighted by molar-refractivity contribution is -0.300. The van der Waals surface area contributed by atoms with Gasteiger partial charge in [0.2, 0.25) is 0 Å². The van der Waals surface area contributed by atoms with Crippen molar-refractivity contribution >= 4 is 5.97 Å². The normalized spacial score (nSPS) is 54.6. The molecule has 0 saturated heterocycles. The minimum atomic E-state index is -1.44. The highest BCUT2D eigenvalue weighted by Gasteiger charge is 2.72. The molecular weight excluding hydrogens is 464 g/mol. The van der Waals surface area contributed by atoms with E-state index in [1.54, 1.807) is 0 Å². The molecule has 0 heterocycles. The Bertz CT molecular complexity index is 904. The van der Waals surface area contributed by atoms with E-state index in [0.29, 0.717) is 41.9 Å². The summed E-state index contributed by atoms with van der Waals surface area (Å²) in [6.45, 7) is 18.2. The topological polar surface area (TPSA) is 87.0 Å². The maximum Gasteiger partial charge on any atom is 0.303 e. The Morgan fingerprint density at radius 1 is 0.892 bits per heavy atom. The van der Waals surface area contributed by atoms with Crippen LogP contribution in [0.2, 0.25) is 0 Å². The monoisotopic (exact) mass is 518 g/mol. The summed E-state index contributed by atoms with van der Waals surface area (Å²) < 4.78 is 5.94. The molecule has 0 spiro atoms. The van der Waals surface area contributed by atoms with Crippen molar-refractivity contribution in [3.8, 4) is 0 Å². The van der Waals surface area contributed by atoms with Crippen LogP contribution in [0.4, 0.5) is 0 Å². The molecule has 0 bridgehead atoms. The van der Waals surface area contributed by atoms with E-state index >= 15 is 0 Å². The number of carbonyl (C=O) groups excluding carboxylic acids is 1. The first-order chi connectivity index (χ1) is 17.1. The summed E-state index contributed by atoms with van der Waals surface area (Å²) in [4.78, 5) is 12.3. The van der Waals surface area contributed by atoms with Crippen molar-refractivity contribution in [2.45, 2.75) is 131 Å². The summed E-state index contributed by atoms with van der Waals surface area (Å²) >= 11 is 0. The Labute approximate surface area is 225 Å². The van der Waals surface area contributed by atoms with Crippen molar-refractivity contribution in [2.75, 3.05) is 0 Å². The number of hydrogen-bond donors (Lipinski definition) is 3. The average molecular weight is 519 g/mol. The third-order valence-corrected chi connectivity index (χ3v) is 13.9. The van der Waals surface area contributed by atoms with E-state index < -0.39 is 35.3 Å². The SMILES string of the molecule is CC(=O)OC1C2C3CCC(C(C)C4CC4(C)C(C)C(C)C)C3(C)CCC2C2(C)CCC(O)CC2(O)C1O. The van der Waals surface area contributed by atoms with Gasteiger partial charge < -0.3 is 20.1 Å². The van der Waals surface area contributed by atoms with Crippen LogP contribution in [0.15, 0.2) is 0 Å². The van der Waals surface area contributed by atoms with Gasteiger partial charge in [0.25, 0.3) is 0 Å². The molecule has 5 nitrogen and oxygen atoms in total. The summed E-state index contributed by atoms with van der Waals surface area (Å²) in [5, 5.41) is 34.2. The van der Waals surface area contributed by atoms with Crippen molar-refractivity contribution < 1.29 is 24.9 Å². The molecule has 0 radical (unpaired) electrons. The van der Waals surface area contributed by atoms with Gasteiger partial charge in [-0.15, -0.1) is 0 Å². The maximum atomic E-state index is 12.3. The predicted octanol–water partition coefficient (Wildman–Crippen LogP) is 5.59. The number of fused-ring (bicyclic) bond motifs is 5. The third-order valence-electron chi connectivity index (χ3n) is 13.9. The van der Waals surface area contributed by atoms with Gasteiger partial charge in [-0.3, -0.25) is 4.79 Å². The number of ether oxygens (including phenoxy) is 1. The second-order valence-corrected chi connectivity index (χ2v) is 15.5. The molecule has 5 saturated carbocycles. The molecule has 5 heteroatoms. The van der Waals surface area contributed by atoms with Crippen LogP contribution in [0.1, 0.15) is 107 Å². The van der Waals surface area contributed by atoms with Crippen LogP contribution >= 0.6 is 0 Å². The summed E-state index contributed by atoms with van der Waals surface area (Å²) in [6, 6.07) is 0. The Morgan fingerprint density at radius 2 is 1.57 bits per heavy atom. The van der Waals surface area contributed by atoms with Crippen molar-refractivity contribution in [2.24, 2.45) is 63.6 Å². The average Bonchev–Trinajstić information content (AvgIpc) is 3.39. The Morgan fingerprint density at radius 3 is 2.19 bits per heavy atom. The van der Waals surface area contributed by atoms with Crippen LogP contribution in [0.25, 0.3) is 0 Å². The van der Waals surface area contributed by atoms with E-state index in [1.807, 2.05) is 0 Å². The minimum Gasteiger partial charge on any atom is -0.459 e. The van der Waals surface area contributed by atoms with Crippen molar-refractivity contribution in [3.63, 3.8) is 0 Å². The van der Waals surface area contributed by atoms with Crippen LogP contribution in [0.5, 0.6) is 0 Å². The standard InChI is InChI=1S/C32H54O5/c1-17(2)19(4)30(7)16-25(30)18(3)22-9-10-23-26-24(12-13-29(22,23)6)31(8)14-11-21(34)15-32(31,36)28(35)27(26)37-20(5)33/h17-19,21-28,34-36H,9-16H2,1-8H3. The molecule has 0 amide bonds. The molecule has 37 heavy (non-hydrogen) atoms. The zero-order chi connectivity index (χ0) is 27.3. The first-order valence-corrected chi connectivity index (χ1v) is 15.4. The van der Waals surface area contributed by atoms with Crippen molar-refractivity contribution in [3.05, 3.63) is 0 Å². The van der Waals surface area contributed by atoms with Gasteiger partial charge in [-0.05, 0) is 97.2 Å². The van der Waals surface area contributed by atoms with Crippen LogP contribution < -0.4 is 0 Å². The molecule has 14 atom stereocenters. The number of rotatable bonds is 5. The second kappa shape index (κ2) is 8.93. The molecule has 0 aliphatic heterocycles. The first-order valence-electron chi connectivity index (χ1n) is 15.4. The van der Waals surface area contributed by atoms with E-state index in [9.17, 15) is 20.1 Å². The van der Waals surface area contributed by atoms with E-state index in [2.05, 4.69) is 48.5 Å². The third kappa shape index (κ3) is 3.83. The molecule has 0 aromatic heterocycles. The molecule has 212 valence electrons. The molecule has 5 aliphatic carbocycles. The predicted molar refractivity (Wildman–Crippen MR) is 144 cm³/mol. The highest BCUT2D eigenvalue weighted by Crippen LogP contribution is 2.72. The molecule has 14 unspecified atom stereocenters. The fraction of sp³-hybridized carbons (Fsp3) is 0.969. The lowest BCUT2D eigenvalue weighted by Gasteiger charge is -2.67. The highest BCUT2D eigenvalue weighted by atomic mass is 16.6. The lowest BCUT2D eigenvalue weighted by Crippen LogP contribution is -2.73. The van der Waals surface area contributed by atoms with Crippen molar-refractivity contribution in [1.82, 2.24) is 0 Å². The van der Waals surface area contributed by atoms with Crippen LogP contribution in [-0.2, 0) is 9.53 Å². The maximum absolute atomic E-state index is 12.3. The number of hydrogen-bond acceptors (Lipinski definition) is 5. The smallest absolute Gasteiger partial charge is 0.303 e. The quantitative estimate of drug-likeness (QED) is 0.413. The van der Waals surface area contributed by atoms with E-state index in [0.717, 1.165) is 31.1 Å². The second-order valence-electron chi connectivity index (χ2n) is 15.5.